The van der Waals surface area contributed by atoms with E-state index in [1.807, 2.05) is 0 Å². The zero-order valence-corrected chi connectivity index (χ0v) is 6.07. The number of hydrogen-bond acceptors (Lipinski definition) is 4. The molecule has 0 saturated heterocycles. The minimum Gasteiger partial charge on any atom is -0.405 e. The number of nitrogens with zero attached hydrogens (tertiary/aromatic N) is 2. The van der Waals surface area contributed by atoms with E-state index in [4.69, 9.17) is 17.2 Å². The van der Waals surface area contributed by atoms with Gasteiger partial charge >= 0.3 is 0 Å². The van der Waals surface area contributed by atoms with Crippen LogP contribution in [0.4, 0.5) is 11.5 Å². The van der Waals surface area contributed by atoms with E-state index in [1.54, 1.807) is 10.8 Å². The SMILES string of the molecule is N/C=C/Cn1ncc(N)c1N. The molecule has 0 atom stereocenters. The monoisotopic (exact) mass is 153 g/mol. The van der Waals surface area contributed by atoms with Crippen LogP contribution in [0.3, 0.4) is 0 Å². The fourth-order valence-corrected chi connectivity index (χ4v) is 0.715. The molecule has 0 unspecified atom stereocenters. The molecule has 0 aliphatic heterocycles. The van der Waals surface area contributed by atoms with Crippen molar-refractivity contribution in [2.24, 2.45) is 5.73 Å². The molecule has 0 amide bonds. The first kappa shape index (κ1) is 7.46. The lowest BCUT2D eigenvalue weighted by molar-refractivity contribution is 0.712. The van der Waals surface area contributed by atoms with Crippen LogP contribution in [-0.4, -0.2) is 9.78 Å². The first-order chi connectivity index (χ1) is 5.25. The third-order valence-electron chi connectivity index (χ3n) is 1.32. The van der Waals surface area contributed by atoms with Gasteiger partial charge in [0.25, 0.3) is 0 Å². The van der Waals surface area contributed by atoms with Crippen molar-refractivity contribution in [1.29, 1.82) is 0 Å². The van der Waals surface area contributed by atoms with Crippen LogP contribution in [0, 0.1) is 0 Å². The molecule has 1 aromatic heterocycles. The maximum atomic E-state index is 5.54. The highest BCUT2D eigenvalue weighted by Crippen LogP contribution is 2.11. The highest BCUT2D eigenvalue weighted by atomic mass is 15.3. The number of hydrogen-bond donors (Lipinski definition) is 3. The van der Waals surface area contributed by atoms with Gasteiger partial charge in [-0.25, -0.2) is 4.68 Å². The number of nitrogen functional groups attached to an aromatic ring is 2. The molecule has 1 rings (SSSR count). The fourth-order valence-electron chi connectivity index (χ4n) is 0.715. The Morgan fingerprint density at radius 1 is 1.55 bits per heavy atom. The number of anilines is 2. The summed E-state index contributed by atoms with van der Waals surface area (Å²) in [5, 5.41) is 3.91. The maximum absolute atomic E-state index is 5.54. The van der Waals surface area contributed by atoms with Gasteiger partial charge in [-0.1, -0.05) is 0 Å². The molecule has 11 heavy (non-hydrogen) atoms. The molecule has 0 spiro atoms. The zero-order valence-electron chi connectivity index (χ0n) is 6.07. The fraction of sp³-hybridized carbons (Fsp3) is 0.167. The van der Waals surface area contributed by atoms with Crippen LogP contribution in [-0.2, 0) is 6.54 Å². The van der Waals surface area contributed by atoms with E-state index < -0.39 is 0 Å². The third-order valence-corrected chi connectivity index (χ3v) is 1.32. The second kappa shape index (κ2) is 2.96. The van der Waals surface area contributed by atoms with E-state index in [2.05, 4.69) is 5.10 Å². The summed E-state index contributed by atoms with van der Waals surface area (Å²) in [5.41, 5.74) is 16.6. The van der Waals surface area contributed by atoms with Crippen molar-refractivity contribution in [2.75, 3.05) is 11.5 Å². The molecule has 0 radical (unpaired) electrons. The van der Waals surface area contributed by atoms with Gasteiger partial charge in [0.05, 0.1) is 18.4 Å². The van der Waals surface area contributed by atoms with Gasteiger partial charge in [-0.2, -0.15) is 5.10 Å². The molecule has 0 aliphatic carbocycles. The highest BCUT2D eigenvalue weighted by molar-refractivity contribution is 5.57. The van der Waals surface area contributed by atoms with Crippen LogP contribution < -0.4 is 17.2 Å². The highest BCUT2D eigenvalue weighted by Gasteiger charge is 2.00. The maximum Gasteiger partial charge on any atom is 0.145 e. The molecular weight excluding hydrogens is 142 g/mol. The van der Waals surface area contributed by atoms with E-state index in [9.17, 15) is 0 Å². The van der Waals surface area contributed by atoms with Crippen molar-refractivity contribution in [2.45, 2.75) is 6.54 Å². The molecule has 0 saturated carbocycles. The largest absolute Gasteiger partial charge is 0.405 e. The van der Waals surface area contributed by atoms with Gasteiger partial charge in [0.15, 0.2) is 0 Å². The Labute approximate surface area is 64.5 Å². The van der Waals surface area contributed by atoms with Crippen molar-refractivity contribution < 1.29 is 0 Å². The molecule has 60 valence electrons. The van der Waals surface area contributed by atoms with E-state index >= 15 is 0 Å². The number of aromatic nitrogens is 2. The topological polar surface area (TPSA) is 95.9 Å². The Morgan fingerprint density at radius 2 is 2.27 bits per heavy atom. The quantitative estimate of drug-likeness (QED) is 0.534. The second-order valence-corrected chi connectivity index (χ2v) is 2.10. The van der Waals surface area contributed by atoms with Gasteiger partial charge in [-0.05, 0) is 12.3 Å². The van der Waals surface area contributed by atoms with Gasteiger partial charge in [0, 0.05) is 0 Å². The van der Waals surface area contributed by atoms with Crippen molar-refractivity contribution in [3.8, 4) is 0 Å². The smallest absolute Gasteiger partial charge is 0.145 e. The summed E-state index contributed by atoms with van der Waals surface area (Å²) in [6.07, 6.45) is 4.69. The Bertz CT molecular complexity index is 262. The Morgan fingerprint density at radius 3 is 2.73 bits per heavy atom. The Hall–Kier alpha value is -1.65. The summed E-state index contributed by atoms with van der Waals surface area (Å²) in [7, 11) is 0. The molecular formula is C6H11N5. The molecule has 1 heterocycles. The number of nitrogens with two attached hydrogens (primary N) is 3. The molecule has 1 aromatic rings. The van der Waals surface area contributed by atoms with E-state index in [-0.39, 0.29) is 0 Å². The van der Waals surface area contributed by atoms with Crippen LogP contribution in [0.15, 0.2) is 18.5 Å². The zero-order chi connectivity index (χ0) is 8.27. The van der Waals surface area contributed by atoms with Gasteiger partial charge in [0.2, 0.25) is 0 Å². The molecule has 0 aliphatic rings. The molecule has 0 fully saturated rings. The molecule has 5 nitrogen and oxygen atoms in total. The summed E-state index contributed by atoms with van der Waals surface area (Å²) in [5.74, 6) is 0.475. The standard InChI is InChI=1S/C6H11N5/c7-2-1-3-11-6(9)5(8)4-10-11/h1-2,4H,3,7-9H2/b2-1+. The predicted octanol–water partition coefficient (Wildman–Crippen LogP) is -0.480. The van der Waals surface area contributed by atoms with Gasteiger partial charge in [0.1, 0.15) is 5.82 Å². The van der Waals surface area contributed by atoms with E-state index in [0.29, 0.717) is 18.1 Å². The van der Waals surface area contributed by atoms with E-state index in [0.717, 1.165) is 0 Å². The molecule has 6 N–H and O–H groups in total. The number of rotatable bonds is 2. The average molecular weight is 153 g/mol. The van der Waals surface area contributed by atoms with Crippen LogP contribution in [0.5, 0.6) is 0 Å². The summed E-state index contributed by atoms with van der Waals surface area (Å²) in [4.78, 5) is 0. The Balaban J connectivity index is 2.78. The Kier molecular flexibility index (Phi) is 2.00. The van der Waals surface area contributed by atoms with Crippen LogP contribution >= 0.6 is 0 Å². The normalized spacial score (nSPS) is 10.9. The van der Waals surface area contributed by atoms with Crippen LogP contribution in [0.2, 0.25) is 0 Å². The minimum atomic E-state index is 0.475. The lowest BCUT2D eigenvalue weighted by Crippen LogP contribution is -2.04. The summed E-state index contributed by atoms with van der Waals surface area (Å²) in [6.45, 7) is 0.555. The van der Waals surface area contributed by atoms with Crippen molar-refractivity contribution >= 4 is 11.5 Å². The molecule has 0 bridgehead atoms. The van der Waals surface area contributed by atoms with Crippen molar-refractivity contribution in [3.05, 3.63) is 18.5 Å². The predicted molar refractivity (Wildman–Crippen MR) is 44.4 cm³/mol. The van der Waals surface area contributed by atoms with Crippen LogP contribution in [0.1, 0.15) is 0 Å². The third kappa shape index (κ3) is 1.43. The van der Waals surface area contributed by atoms with Gasteiger partial charge in [-0.3, -0.25) is 0 Å². The van der Waals surface area contributed by atoms with Crippen molar-refractivity contribution in [1.82, 2.24) is 9.78 Å². The second-order valence-electron chi connectivity index (χ2n) is 2.10. The van der Waals surface area contributed by atoms with E-state index in [1.165, 1.54) is 12.4 Å². The van der Waals surface area contributed by atoms with Crippen LogP contribution in [0.25, 0.3) is 0 Å². The number of allylic oxidation sites excluding steroid dienone is 1. The average Bonchev–Trinajstić information content (AvgIpc) is 2.31. The van der Waals surface area contributed by atoms with Gasteiger partial charge < -0.3 is 17.2 Å². The van der Waals surface area contributed by atoms with Gasteiger partial charge in [-0.15, -0.1) is 0 Å². The van der Waals surface area contributed by atoms with Crippen molar-refractivity contribution in [3.63, 3.8) is 0 Å². The molecule has 0 aromatic carbocycles. The summed E-state index contributed by atoms with van der Waals surface area (Å²) < 4.78 is 1.57. The minimum absolute atomic E-state index is 0.475. The lowest BCUT2D eigenvalue weighted by Gasteiger charge is -1.98. The first-order valence-electron chi connectivity index (χ1n) is 3.19. The lowest BCUT2D eigenvalue weighted by atomic mass is 10.5. The summed E-state index contributed by atoms with van der Waals surface area (Å²) in [6, 6.07) is 0. The first-order valence-corrected chi connectivity index (χ1v) is 3.19. The summed E-state index contributed by atoms with van der Waals surface area (Å²) >= 11 is 0. The molecule has 5 heteroatoms.